The molecule has 0 saturated heterocycles. The topological polar surface area (TPSA) is 49.3 Å². The Balaban J connectivity index is 2.78. The Hall–Kier alpha value is -1.95. The average Bonchev–Trinajstić information content (AvgIpc) is 2.18. The van der Waals surface area contributed by atoms with Crippen LogP contribution in [0.5, 0.6) is 0 Å². The van der Waals surface area contributed by atoms with Crippen LogP contribution in [-0.4, -0.2) is 17.1 Å². The summed E-state index contributed by atoms with van der Waals surface area (Å²) < 4.78 is 0. The van der Waals surface area contributed by atoms with Crippen molar-refractivity contribution in [3.8, 4) is 12.3 Å². The van der Waals surface area contributed by atoms with E-state index in [1.165, 1.54) is 0 Å². The van der Waals surface area contributed by atoms with Gasteiger partial charge in [0.25, 0.3) is 0 Å². The SMILES string of the molecule is C#Cc1cccc(NC(C)C(=O)O)c1. The summed E-state index contributed by atoms with van der Waals surface area (Å²) in [6.07, 6.45) is 5.22. The van der Waals surface area contributed by atoms with Crippen LogP contribution in [0.3, 0.4) is 0 Å². The fourth-order valence-electron chi connectivity index (χ4n) is 1.01. The van der Waals surface area contributed by atoms with E-state index in [4.69, 9.17) is 11.5 Å². The van der Waals surface area contributed by atoms with Gasteiger partial charge in [0.15, 0.2) is 0 Å². The van der Waals surface area contributed by atoms with Gasteiger partial charge < -0.3 is 10.4 Å². The summed E-state index contributed by atoms with van der Waals surface area (Å²) in [6.45, 7) is 1.57. The summed E-state index contributed by atoms with van der Waals surface area (Å²) in [6, 6.07) is 6.46. The average molecular weight is 189 g/mol. The molecule has 0 fully saturated rings. The van der Waals surface area contributed by atoms with Gasteiger partial charge in [0.2, 0.25) is 0 Å². The number of carboxylic acid groups (broad SMARTS) is 1. The minimum Gasteiger partial charge on any atom is -0.480 e. The minimum absolute atomic E-state index is 0.622. The maximum Gasteiger partial charge on any atom is 0.325 e. The number of carboxylic acids is 1. The molecule has 0 aliphatic rings. The number of rotatable bonds is 3. The maximum absolute atomic E-state index is 10.6. The number of aliphatic carboxylic acids is 1. The van der Waals surface area contributed by atoms with Gasteiger partial charge in [-0.25, -0.2) is 0 Å². The van der Waals surface area contributed by atoms with E-state index in [2.05, 4.69) is 11.2 Å². The molecule has 3 heteroatoms. The molecule has 0 aliphatic heterocycles. The third-order valence-electron chi connectivity index (χ3n) is 1.78. The van der Waals surface area contributed by atoms with Crippen molar-refractivity contribution in [1.82, 2.24) is 0 Å². The van der Waals surface area contributed by atoms with E-state index in [1.54, 1.807) is 31.2 Å². The molecular weight excluding hydrogens is 178 g/mol. The molecule has 0 spiro atoms. The second kappa shape index (κ2) is 4.33. The van der Waals surface area contributed by atoms with Crippen molar-refractivity contribution >= 4 is 11.7 Å². The number of nitrogens with one attached hydrogen (secondary N) is 1. The molecule has 0 saturated carbocycles. The van der Waals surface area contributed by atoms with Gasteiger partial charge in [-0.05, 0) is 25.1 Å². The highest BCUT2D eigenvalue weighted by Crippen LogP contribution is 2.10. The largest absolute Gasteiger partial charge is 0.480 e. The first-order valence-corrected chi connectivity index (χ1v) is 4.19. The van der Waals surface area contributed by atoms with E-state index in [0.29, 0.717) is 0 Å². The highest BCUT2D eigenvalue weighted by atomic mass is 16.4. The fourth-order valence-corrected chi connectivity index (χ4v) is 1.01. The van der Waals surface area contributed by atoms with E-state index < -0.39 is 12.0 Å². The highest BCUT2D eigenvalue weighted by molar-refractivity contribution is 5.76. The smallest absolute Gasteiger partial charge is 0.325 e. The molecule has 0 amide bonds. The van der Waals surface area contributed by atoms with Crippen LogP contribution >= 0.6 is 0 Å². The lowest BCUT2D eigenvalue weighted by Crippen LogP contribution is -2.25. The summed E-state index contributed by atoms with van der Waals surface area (Å²) in [5, 5.41) is 11.5. The number of hydrogen-bond donors (Lipinski definition) is 2. The molecule has 1 unspecified atom stereocenters. The molecular formula is C11H11NO2. The lowest BCUT2D eigenvalue weighted by atomic mass is 10.2. The van der Waals surface area contributed by atoms with Crippen LogP contribution < -0.4 is 5.32 Å². The van der Waals surface area contributed by atoms with Crippen LogP contribution in [0.1, 0.15) is 12.5 Å². The van der Waals surface area contributed by atoms with Gasteiger partial charge in [-0.3, -0.25) is 4.79 Å². The van der Waals surface area contributed by atoms with Gasteiger partial charge in [0, 0.05) is 11.3 Å². The van der Waals surface area contributed by atoms with E-state index >= 15 is 0 Å². The monoisotopic (exact) mass is 189 g/mol. The zero-order valence-corrected chi connectivity index (χ0v) is 7.82. The van der Waals surface area contributed by atoms with Crippen LogP contribution in [0.2, 0.25) is 0 Å². The van der Waals surface area contributed by atoms with Crippen LogP contribution in [0.15, 0.2) is 24.3 Å². The minimum atomic E-state index is -0.892. The third kappa shape index (κ3) is 2.53. The predicted octanol–water partition coefficient (Wildman–Crippen LogP) is 1.55. The lowest BCUT2D eigenvalue weighted by molar-refractivity contribution is -0.137. The summed E-state index contributed by atoms with van der Waals surface area (Å²) in [4.78, 5) is 10.6. The van der Waals surface area contributed by atoms with E-state index in [1.807, 2.05) is 0 Å². The number of hydrogen-bond acceptors (Lipinski definition) is 2. The number of benzene rings is 1. The normalized spacial score (nSPS) is 11.4. The summed E-state index contributed by atoms with van der Waals surface area (Å²) >= 11 is 0. The van der Waals surface area contributed by atoms with Crippen molar-refractivity contribution in [2.75, 3.05) is 5.32 Å². The van der Waals surface area contributed by atoms with Gasteiger partial charge in [0.1, 0.15) is 6.04 Å². The molecule has 0 bridgehead atoms. The molecule has 0 aliphatic carbocycles. The second-order valence-electron chi connectivity index (χ2n) is 2.93. The van der Waals surface area contributed by atoms with Crippen LogP contribution in [-0.2, 0) is 4.79 Å². The first kappa shape index (κ1) is 10.1. The van der Waals surface area contributed by atoms with Crippen molar-refractivity contribution in [1.29, 1.82) is 0 Å². The number of terminal acetylenes is 1. The fraction of sp³-hybridized carbons (Fsp3) is 0.182. The Kier molecular flexibility index (Phi) is 3.14. The molecule has 2 N–H and O–H groups in total. The van der Waals surface area contributed by atoms with Crippen molar-refractivity contribution in [3.63, 3.8) is 0 Å². The second-order valence-corrected chi connectivity index (χ2v) is 2.93. The zero-order valence-electron chi connectivity index (χ0n) is 7.82. The lowest BCUT2D eigenvalue weighted by Gasteiger charge is -2.10. The molecule has 0 radical (unpaired) electrons. The molecule has 14 heavy (non-hydrogen) atoms. The standard InChI is InChI=1S/C11H11NO2/c1-3-9-5-4-6-10(7-9)12-8(2)11(13)14/h1,4-8,12H,2H3,(H,13,14). The Morgan fingerprint density at radius 2 is 2.36 bits per heavy atom. The molecule has 72 valence electrons. The van der Waals surface area contributed by atoms with E-state index in [9.17, 15) is 4.79 Å². The van der Waals surface area contributed by atoms with Crippen LogP contribution in [0.25, 0.3) is 0 Å². The van der Waals surface area contributed by atoms with Gasteiger partial charge >= 0.3 is 5.97 Å². The van der Waals surface area contributed by atoms with Gasteiger partial charge in [-0.15, -0.1) is 6.42 Å². The Morgan fingerprint density at radius 3 is 2.93 bits per heavy atom. The summed E-state index contributed by atoms with van der Waals surface area (Å²) in [7, 11) is 0. The van der Waals surface area contributed by atoms with Gasteiger partial charge in [-0.2, -0.15) is 0 Å². The zero-order chi connectivity index (χ0) is 10.6. The van der Waals surface area contributed by atoms with Crippen LogP contribution in [0.4, 0.5) is 5.69 Å². The van der Waals surface area contributed by atoms with Gasteiger partial charge in [-0.1, -0.05) is 12.0 Å². The molecule has 1 aromatic rings. The van der Waals surface area contributed by atoms with Crippen molar-refractivity contribution in [2.45, 2.75) is 13.0 Å². The Bertz CT molecular complexity index is 379. The van der Waals surface area contributed by atoms with Crippen molar-refractivity contribution in [3.05, 3.63) is 29.8 Å². The molecule has 1 atom stereocenters. The van der Waals surface area contributed by atoms with Crippen molar-refractivity contribution < 1.29 is 9.90 Å². The molecule has 0 aromatic heterocycles. The predicted molar refractivity (Wildman–Crippen MR) is 55.1 cm³/mol. The summed E-state index contributed by atoms with van der Waals surface area (Å²) in [5.41, 5.74) is 1.45. The van der Waals surface area contributed by atoms with Gasteiger partial charge in [0.05, 0.1) is 0 Å². The Labute approximate surface area is 82.8 Å². The molecule has 1 aromatic carbocycles. The summed E-state index contributed by atoms with van der Waals surface area (Å²) in [5.74, 6) is 1.59. The maximum atomic E-state index is 10.6. The molecule has 0 heterocycles. The number of carbonyl (C=O) groups is 1. The highest BCUT2D eigenvalue weighted by Gasteiger charge is 2.09. The first-order valence-electron chi connectivity index (χ1n) is 4.19. The number of anilines is 1. The third-order valence-corrected chi connectivity index (χ3v) is 1.78. The quantitative estimate of drug-likeness (QED) is 0.709. The van der Waals surface area contributed by atoms with Crippen molar-refractivity contribution in [2.24, 2.45) is 0 Å². The molecule has 1 rings (SSSR count). The van der Waals surface area contributed by atoms with E-state index in [-0.39, 0.29) is 0 Å². The Morgan fingerprint density at radius 1 is 1.64 bits per heavy atom. The molecule has 3 nitrogen and oxygen atoms in total. The first-order chi connectivity index (χ1) is 6.63. The van der Waals surface area contributed by atoms with Crippen LogP contribution in [0, 0.1) is 12.3 Å². The van der Waals surface area contributed by atoms with E-state index in [0.717, 1.165) is 11.3 Å².